The molecule has 112 valence electrons. The molecule has 21 heavy (non-hydrogen) atoms. The van der Waals surface area contributed by atoms with Crippen molar-refractivity contribution in [2.45, 2.75) is 40.0 Å². The van der Waals surface area contributed by atoms with E-state index in [9.17, 15) is 0 Å². The van der Waals surface area contributed by atoms with Crippen LogP contribution in [0.1, 0.15) is 44.4 Å². The van der Waals surface area contributed by atoms with Gasteiger partial charge in [-0.2, -0.15) is 0 Å². The van der Waals surface area contributed by atoms with E-state index in [1.54, 1.807) is 0 Å². The van der Waals surface area contributed by atoms with Crippen LogP contribution in [0.25, 0.3) is 11.4 Å². The highest BCUT2D eigenvalue weighted by Gasteiger charge is 2.15. The van der Waals surface area contributed by atoms with E-state index in [0.717, 1.165) is 39.4 Å². The lowest BCUT2D eigenvalue weighted by molar-refractivity contribution is 0.807. The summed E-state index contributed by atoms with van der Waals surface area (Å²) in [5.41, 5.74) is 3.43. The van der Waals surface area contributed by atoms with E-state index in [1.807, 2.05) is 0 Å². The number of benzene rings is 1. The predicted octanol–water partition coefficient (Wildman–Crippen LogP) is 5.00. The van der Waals surface area contributed by atoms with Gasteiger partial charge in [-0.3, -0.25) is 0 Å². The molecule has 2 aromatic rings. The fourth-order valence-corrected chi connectivity index (χ4v) is 3.09. The molecule has 0 saturated heterocycles. The fourth-order valence-electron chi connectivity index (χ4n) is 2.04. The summed E-state index contributed by atoms with van der Waals surface area (Å²) in [5.74, 6) is 2.13. The lowest BCUT2D eigenvalue weighted by Gasteiger charge is -2.15. The van der Waals surface area contributed by atoms with E-state index in [2.05, 4.69) is 79.9 Å². The van der Waals surface area contributed by atoms with E-state index >= 15 is 0 Å². The molecule has 0 atom stereocenters. The number of nitrogens with one attached hydrogen (secondary N) is 1. The van der Waals surface area contributed by atoms with Crippen LogP contribution in [0.2, 0.25) is 0 Å². The second-order valence-corrected chi connectivity index (χ2v) is 6.62. The Kier molecular flexibility index (Phi) is 5.56. The molecule has 0 bridgehead atoms. The third-order valence-corrected chi connectivity index (χ3v) is 4.34. The average Bonchev–Trinajstić information content (AvgIpc) is 2.47. The van der Waals surface area contributed by atoms with Crippen molar-refractivity contribution in [2.24, 2.45) is 0 Å². The first-order valence-electron chi connectivity index (χ1n) is 7.41. The fraction of sp³-hybridized carbons (Fsp3) is 0.412. The Hall–Kier alpha value is -1.17. The van der Waals surface area contributed by atoms with E-state index in [4.69, 9.17) is 9.97 Å². The molecular formula is C17H22IN3. The summed E-state index contributed by atoms with van der Waals surface area (Å²) in [6.07, 6.45) is 1.08. The van der Waals surface area contributed by atoms with Crippen LogP contribution >= 0.6 is 22.6 Å². The highest BCUT2D eigenvalue weighted by Crippen LogP contribution is 2.28. The number of anilines is 1. The molecule has 0 radical (unpaired) electrons. The monoisotopic (exact) mass is 395 g/mol. The van der Waals surface area contributed by atoms with Gasteiger partial charge in [0.2, 0.25) is 0 Å². The van der Waals surface area contributed by atoms with Crippen molar-refractivity contribution in [3.8, 4) is 11.4 Å². The third-order valence-electron chi connectivity index (χ3n) is 3.28. The molecule has 1 N–H and O–H groups in total. The van der Waals surface area contributed by atoms with Gasteiger partial charge in [0.1, 0.15) is 5.82 Å². The van der Waals surface area contributed by atoms with Crippen molar-refractivity contribution >= 4 is 28.4 Å². The summed E-state index contributed by atoms with van der Waals surface area (Å²) in [6.45, 7) is 9.52. The maximum atomic E-state index is 4.78. The lowest BCUT2D eigenvalue weighted by atomic mass is 10.1. The molecule has 0 aliphatic rings. The van der Waals surface area contributed by atoms with E-state index in [1.165, 1.54) is 5.56 Å². The van der Waals surface area contributed by atoms with Crippen LogP contribution in [-0.2, 0) is 0 Å². The number of halogens is 1. The minimum Gasteiger partial charge on any atom is -0.369 e. The van der Waals surface area contributed by atoms with Crippen molar-refractivity contribution in [2.75, 3.05) is 11.9 Å². The van der Waals surface area contributed by atoms with Crippen molar-refractivity contribution in [3.63, 3.8) is 0 Å². The molecule has 1 aromatic heterocycles. The number of nitrogens with zero attached hydrogens (tertiary/aromatic N) is 2. The van der Waals surface area contributed by atoms with Crippen LogP contribution in [0.4, 0.5) is 5.82 Å². The van der Waals surface area contributed by atoms with Gasteiger partial charge in [-0.05, 0) is 41.9 Å². The molecular weight excluding hydrogens is 373 g/mol. The summed E-state index contributed by atoms with van der Waals surface area (Å²) in [5, 5.41) is 3.42. The zero-order chi connectivity index (χ0) is 15.4. The largest absolute Gasteiger partial charge is 0.369 e. The van der Waals surface area contributed by atoms with Gasteiger partial charge in [-0.1, -0.05) is 50.6 Å². The number of hydrogen-bond donors (Lipinski definition) is 1. The van der Waals surface area contributed by atoms with Gasteiger partial charge in [-0.25, -0.2) is 9.97 Å². The molecule has 0 spiro atoms. The standard InChI is InChI=1S/C17H22IN3/c1-5-10-19-17-14(18)15(11(2)3)20-16(21-17)13-8-6-12(4)7-9-13/h6-9,11H,5,10H2,1-4H3,(H,19,20,21). The number of aromatic nitrogens is 2. The van der Waals surface area contributed by atoms with E-state index in [0.29, 0.717) is 5.92 Å². The first kappa shape index (κ1) is 16.2. The average molecular weight is 395 g/mol. The quantitative estimate of drug-likeness (QED) is 0.724. The lowest BCUT2D eigenvalue weighted by Crippen LogP contribution is -2.10. The van der Waals surface area contributed by atoms with Gasteiger partial charge in [0, 0.05) is 12.1 Å². The predicted molar refractivity (Wildman–Crippen MR) is 97.8 cm³/mol. The maximum absolute atomic E-state index is 4.78. The molecule has 1 heterocycles. The molecule has 0 saturated carbocycles. The Balaban J connectivity index is 2.50. The summed E-state index contributed by atoms with van der Waals surface area (Å²) in [7, 11) is 0. The summed E-state index contributed by atoms with van der Waals surface area (Å²) in [6, 6.07) is 8.38. The molecule has 0 aliphatic carbocycles. The van der Waals surface area contributed by atoms with Gasteiger partial charge in [0.15, 0.2) is 5.82 Å². The Bertz CT molecular complexity index is 606. The van der Waals surface area contributed by atoms with Gasteiger partial charge in [0.25, 0.3) is 0 Å². The van der Waals surface area contributed by atoms with Crippen LogP contribution in [0.5, 0.6) is 0 Å². The first-order valence-corrected chi connectivity index (χ1v) is 8.49. The van der Waals surface area contributed by atoms with Gasteiger partial charge < -0.3 is 5.32 Å². The summed E-state index contributed by atoms with van der Waals surface area (Å²) < 4.78 is 1.13. The Morgan fingerprint density at radius 1 is 1.14 bits per heavy atom. The molecule has 2 rings (SSSR count). The van der Waals surface area contributed by atoms with E-state index in [-0.39, 0.29) is 0 Å². The first-order chi connectivity index (χ1) is 10.0. The molecule has 0 fully saturated rings. The Morgan fingerprint density at radius 3 is 2.38 bits per heavy atom. The second-order valence-electron chi connectivity index (χ2n) is 5.54. The zero-order valence-corrected chi connectivity index (χ0v) is 15.2. The van der Waals surface area contributed by atoms with Crippen molar-refractivity contribution in [1.29, 1.82) is 0 Å². The van der Waals surface area contributed by atoms with Gasteiger partial charge in [-0.15, -0.1) is 0 Å². The molecule has 3 nitrogen and oxygen atoms in total. The van der Waals surface area contributed by atoms with E-state index < -0.39 is 0 Å². The topological polar surface area (TPSA) is 37.8 Å². The van der Waals surface area contributed by atoms with Crippen LogP contribution in [0.3, 0.4) is 0 Å². The van der Waals surface area contributed by atoms with Crippen LogP contribution < -0.4 is 5.32 Å². The SMILES string of the molecule is CCCNc1nc(-c2ccc(C)cc2)nc(C(C)C)c1I. The molecule has 0 unspecified atom stereocenters. The molecule has 0 aliphatic heterocycles. The highest BCUT2D eigenvalue weighted by molar-refractivity contribution is 14.1. The normalized spacial score (nSPS) is 11.0. The molecule has 4 heteroatoms. The third kappa shape index (κ3) is 3.93. The number of aryl methyl sites for hydroxylation is 1. The minimum atomic E-state index is 0.381. The van der Waals surface area contributed by atoms with Crippen LogP contribution in [0.15, 0.2) is 24.3 Å². The highest BCUT2D eigenvalue weighted by atomic mass is 127. The smallest absolute Gasteiger partial charge is 0.161 e. The second kappa shape index (κ2) is 7.20. The van der Waals surface area contributed by atoms with Crippen molar-refractivity contribution in [1.82, 2.24) is 9.97 Å². The maximum Gasteiger partial charge on any atom is 0.161 e. The van der Waals surface area contributed by atoms with Crippen LogP contribution in [-0.4, -0.2) is 16.5 Å². The molecule has 1 aromatic carbocycles. The van der Waals surface area contributed by atoms with Crippen molar-refractivity contribution in [3.05, 3.63) is 39.1 Å². The Morgan fingerprint density at radius 2 is 1.81 bits per heavy atom. The number of hydrogen-bond acceptors (Lipinski definition) is 3. The van der Waals surface area contributed by atoms with Crippen molar-refractivity contribution < 1.29 is 0 Å². The molecule has 0 amide bonds. The van der Waals surface area contributed by atoms with Gasteiger partial charge in [0.05, 0.1) is 9.26 Å². The number of rotatable bonds is 5. The summed E-state index contributed by atoms with van der Waals surface area (Å²) >= 11 is 2.35. The summed E-state index contributed by atoms with van der Waals surface area (Å²) in [4.78, 5) is 9.50. The van der Waals surface area contributed by atoms with Gasteiger partial charge >= 0.3 is 0 Å². The zero-order valence-electron chi connectivity index (χ0n) is 13.1. The van der Waals surface area contributed by atoms with Crippen LogP contribution in [0, 0.1) is 10.5 Å². The Labute approximate surface area is 140 Å². The minimum absolute atomic E-state index is 0.381.